The summed E-state index contributed by atoms with van der Waals surface area (Å²) in [5, 5.41) is 4.47. The SMILES string of the molecule is Cc1cccc(C[C@H]2CCCN(C(=O)CCCn3nc(C)cc3C)C2)n1. The van der Waals surface area contributed by atoms with Crippen molar-refractivity contribution in [2.24, 2.45) is 5.92 Å². The molecule has 1 saturated heterocycles. The standard InChI is InChI=1S/C21H30N4O/c1-16-7-4-9-20(22-16)14-19-8-5-11-24(15-19)21(26)10-6-12-25-18(3)13-17(2)23-25/h4,7,9,13,19H,5-6,8,10-12,14-15H2,1-3H3/t19-/m1/s1. The van der Waals surface area contributed by atoms with Crippen molar-refractivity contribution in [3.8, 4) is 0 Å². The largest absolute Gasteiger partial charge is 0.342 e. The van der Waals surface area contributed by atoms with Gasteiger partial charge >= 0.3 is 0 Å². The second kappa shape index (κ2) is 8.47. The first-order valence-corrected chi connectivity index (χ1v) is 9.72. The van der Waals surface area contributed by atoms with Crippen LogP contribution in [0.3, 0.4) is 0 Å². The second-order valence-electron chi connectivity index (χ2n) is 7.58. The molecule has 0 radical (unpaired) electrons. The number of carbonyl (C=O) groups is 1. The number of carbonyl (C=O) groups excluding carboxylic acids is 1. The summed E-state index contributed by atoms with van der Waals surface area (Å²) in [5.41, 5.74) is 4.42. The van der Waals surface area contributed by atoms with Gasteiger partial charge in [-0.3, -0.25) is 14.5 Å². The Labute approximate surface area is 156 Å². The van der Waals surface area contributed by atoms with Crippen LogP contribution < -0.4 is 0 Å². The molecule has 0 bridgehead atoms. The van der Waals surface area contributed by atoms with E-state index >= 15 is 0 Å². The molecule has 2 aromatic heterocycles. The molecule has 5 heteroatoms. The molecule has 0 N–H and O–H groups in total. The molecule has 1 aliphatic rings. The number of pyridine rings is 1. The molecule has 2 aromatic rings. The summed E-state index contributed by atoms with van der Waals surface area (Å²) in [5.74, 6) is 0.812. The van der Waals surface area contributed by atoms with Gasteiger partial charge < -0.3 is 4.90 Å². The minimum atomic E-state index is 0.286. The van der Waals surface area contributed by atoms with Gasteiger partial charge in [0.15, 0.2) is 0 Å². The predicted octanol–water partition coefficient (Wildman–Crippen LogP) is 3.46. The van der Waals surface area contributed by atoms with Crippen molar-refractivity contribution in [1.29, 1.82) is 0 Å². The molecule has 0 aromatic carbocycles. The van der Waals surface area contributed by atoms with Gasteiger partial charge in [0, 0.05) is 43.1 Å². The lowest BCUT2D eigenvalue weighted by Crippen LogP contribution is -2.40. The molecule has 140 valence electrons. The minimum absolute atomic E-state index is 0.286. The summed E-state index contributed by atoms with van der Waals surface area (Å²) in [6.45, 7) is 8.69. The van der Waals surface area contributed by atoms with Crippen molar-refractivity contribution in [3.63, 3.8) is 0 Å². The number of piperidine rings is 1. The molecule has 26 heavy (non-hydrogen) atoms. The van der Waals surface area contributed by atoms with E-state index in [0.29, 0.717) is 12.3 Å². The third-order valence-electron chi connectivity index (χ3n) is 5.18. The van der Waals surface area contributed by atoms with E-state index in [4.69, 9.17) is 0 Å². The molecule has 1 atom stereocenters. The minimum Gasteiger partial charge on any atom is -0.342 e. The van der Waals surface area contributed by atoms with Crippen molar-refractivity contribution in [2.45, 2.75) is 59.4 Å². The predicted molar refractivity (Wildman–Crippen MR) is 103 cm³/mol. The van der Waals surface area contributed by atoms with Crippen LogP contribution in [0.4, 0.5) is 0 Å². The molecule has 0 saturated carbocycles. The number of hydrogen-bond acceptors (Lipinski definition) is 3. The van der Waals surface area contributed by atoms with Crippen LogP contribution in [-0.4, -0.2) is 38.7 Å². The summed E-state index contributed by atoms with van der Waals surface area (Å²) >= 11 is 0. The average molecular weight is 354 g/mol. The summed E-state index contributed by atoms with van der Waals surface area (Å²) < 4.78 is 2.00. The van der Waals surface area contributed by atoms with Crippen molar-refractivity contribution in [2.75, 3.05) is 13.1 Å². The summed E-state index contributed by atoms with van der Waals surface area (Å²) in [6.07, 6.45) is 4.71. The Bertz CT molecular complexity index is 752. The third kappa shape index (κ3) is 4.93. The van der Waals surface area contributed by atoms with E-state index in [9.17, 15) is 4.79 Å². The molecular weight excluding hydrogens is 324 g/mol. The van der Waals surface area contributed by atoms with Gasteiger partial charge in [0.25, 0.3) is 0 Å². The number of aryl methyl sites for hydroxylation is 4. The maximum Gasteiger partial charge on any atom is 0.222 e. The first kappa shape index (κ1) is 18.6. The smallest absolute Gasteiger partial charge is 0.222 e. The normalized spacial score (nSPS) is 17.5. The highest BCUT2D eigenvalue weighted by Crippen LogP contribution is 2.21. The van der Waals surface area contributed by atoms with Gasteiger partial charge in [0.2, 0.25) is 5.91 Å². The molecule has 1 fully saturated rings. The number of amides is 1. The van der Waals surface area contributed by atoms with E-state index in [-0.39, 0.29) is 5.91 Å². The fourth-order valence-electron chi connectivity index (χ4n) is 3.91. The van der Waals surface area contributed by atoms with E-state index in [1.165, 1.54) is 12.1 Å². The lowest BCUT2D eigenvalue weighted by Gasteiger charge is -2.33. The van der Waals surface area contributed by atoms with Gasteiger partial charge in [0.1, 0.15) is 0 Å². The molecule has 5 nitrogen and oxygen atoms in total. The maximum absolute atomic E-state index is 12.6. The molecule has 0 aliphatic carbocycles. The van der Waals surface area contributed by atoms with Gasteiger partial charge in [-0.2, -0.15) is 5.10 Å². The van der Waals surface area contributed by atoms with Crippen molar-refractivity contribution >= 4 is 5.91 Å². The van der Waals surface area contributed by atoms with Crippen LogP contribution in [0.1, 0.15) is 48.5 Å². The van der Waals surface area contributed by atoms with E-state index in [2.05, 4.69) is 40.1 Å². The van der Waals surface area contributed by atoms with E-state index in [1.807, 2.05) is 24.6 Å². The first-order chi connectivity index (χ1) is 12.5. The summed E-state index contributed by atoms with van der Waals surface area (Å²) in [7, 11) is 0. The van der Waals surface area contributed by atoms with Crippen LogP contribution in [0.5, 0.6) is 0 Å². The molecule has 3 heterocycles. The molecule has 1 aliphatic heterocycles. The van der Waals surface area contributed by atoms with Crippen LogP contribution in [0.25, 0.3) is 0 Å². The Hall–Kier alpha value is -2.17. The molecule has 0 unspecified atom stereocenters. The topological polar surface area (TPSA) is 51.0 Å². The number of hydrogen-bond donors (Lipinski definition) is 0. The third-order valence-corrected chi connectivity index (χ3v) is 5.18. The Morgan fingerprint density at radius 2 is 2.08 bits per heavy atom. The van der Waals surface area contributed by atoms with Crippen LogP contribution in [0.15, 0.2) is 24.3 Å². The lowest BCUT2D eigenvalue weighted by molar-refractivity contribution is -0.133. The number of nitrogens with zero attached hydrogens (tertiary/aromatic N) is 4. The van der Waals surface area contributed by atoms with E-state index < -0.39 is 0 Å². The number of likely N-dealkylation sites (tertiary alicyclic amines) is 1. The second-order valence-corrected chi connectivity index (χ2v) is 7.58. The maximum atomic E-state index is 12.6. The lowest BCUT2D eigenvalue weighted by atomic mass is 9.93. The Morgan fingerprint density at radius 3 is 2.81 bits per heavy atom. The average Bonchev–Trinajstić information content (AvgIpc) is 2.92. The quantitative estimate of drug-likeness (QED) is 0.798. The van der Waals surface area contributed by atoms with Crippen LogP contribution in [0, 0.1) is 26.7 Å². The van der Waals surface area contributed by atoms with Crippen LogP contribution in [0.2, 0.25) is 0 Å². The zero-order valence-corrected chi connectivity index (χ0v) is 16.2. The monoisotopic (exact) mass is 354 g/mol. The zero-order chi connectivity index (χ0) is 18.5. The Balaban J connectivity index is 1.47. The van der Waals surface area contributed by atoms with Gasteiger partial charge in [-0.05, 0) is 70.6 Å². The highest BCUT2D eigenvalue weighted by molar-refractivity contribution is 5.76. The Morgan fingerprint density at radius 1 is 1.23 bits per heavy atom. The van der Waals surface area contributed by atoms with Gasteiger partial charge in [-0.25, -0.2) is 0 Å². The fourth-order valence-corrected chi connectivity index (χ4v) is 3.91. The fraction of sp³-hybridized carbons (Fsp3) is 0.571. The highest BCUT2D eigenvalue weighted by atomic mass is 16.2. The van der Waals surface area contributed by atoms with Crippen LogP contribution in [-0.2, 0) is 17.8 Å². The van der Waals surface area contributed by atoms with Gasteiger partial charge in [-0.1, -0.05) is 6.07 Å². The molecule has 0 spiro atoms. The zero-order valence-electron chi connectivity index (χ0n) is 16.2. The van der Waals surface area contributed by atoms with E-state index in [1.54, 1.807) is 0 Å². The van der Waals surface area contributed by atoms with Gasteiger partial charge in [0.05, 0.1) is 5.69 Å². The first-order valence-electron chi connectivity index (χ1n) is 9.72. The number of rotatable bonds is 6. The van der Waals surface area contributed by atoms with Crippen molar-refractivity contribution in [1.82, 2.24) is 19.7 Å². The Kier molecular flexibility index (Phi) is 6.07. The van der Waals surface area contributed by atoms with Crippen molar-refractivity contribution in [3.05, 3.63) is 47.0 Å². The number of aromatic nitrogens is 3. The molecule has 3 rings (SSSR count). The summed E-state index contributed by atoms with van der Waals surface area (Å²) in [4.78, 5) is 19.3. The highest BCUT2D eigenvalue weighted by Gasteiger charge is 2.23. The van der Waals surface area contributed by atoms with Crippen LogP contribution >= 0.6 is 0 Å². The van der Waals surface area contributed by atoms with E-state index in [0.717, 1.165) is 56.0 Å². The molecular formula is C21H30N4O. The summed E-state index contributed by atoms with van der Waals surface area (Å²) in [6, 6.07) is 8.28. The molecule has 1 amide bonds. The van der Waals surface area contributed by atoms with Gasteiger partial charge in [-0.15, -0.1) is 0 Å². The van der Waals surface area contributed by atoms with Crippen molar-refractivity contribution < 1.29 is 4.79 Å².